The monoisotopic (exact) mass is 189 g/mol. The van der Waals surface area contributed by atoms with Gasteiger partial charge in [-0.3, -0.25) is 4.79 Å². The molecule has 0 aliphatic rings. The molecule has 0 aliphatic carbocycles. The van der Waals surface area contributed by atoms with Crippen LogP contribution in [0.3, 0.4) is 0 Å². The van der Waals surface area contributed by atoms with E-state index in [-0.39, 0.29) is 11.7 Å². The molecule has 4 nitrogen and oxygen atoms in total. The van der Waals surface area contributed by atoms with Crippen LogP contribution in [0.15, 0.2) is 18.7 Å². The minimum Gasteiger partial charge on any atom is -0.345 e. The van der Waals surface area contributed by atoms with E-state index in [1.165, 1.54) is 6.33 Å². The van der Waals surface area contributed by atoms with Crippen LogP contribution in [0.4, 0.5) is 0 Å². The number of rotatable bonds is 2. The van der Waals surface area contributed by atoms with Crippen LogP contribution < -0.4 is 0 Å². The van der Waals surface area contributed by atoms with Crippen LogP contribution in [0.2, 0.25) is 0 Å². The van der Waals surface area contributed by atoms with Crippen LogP contribution in [0.25, 0.3) is 11.0 Å². The number of nitrogens with zero attached hydrogens (tertiary/aromatic N) is 2. The lowest BCUT2D eigenvalue weighted by Crippen LogP contribution is -2.06. The molecular weight excluding hydrogens is 178 g/mol. The summed E-state index contributed by atoms with van der Waals surface area (Å²) in [5, 5.41) is 0.797. The summed E-state index contributed by atoms with van der Waals surface area (Å²) in [6, 6.07) is 0. The normalized spacial score (nSPS) is 11.1. The summed E-state index contributed by atoms with van der Waals surface area (Å²) in [5.74, 6) is 0.111. The van der Waals surface area contributed by atoms with Crippen molar-refractivity contribution in [1.82, 2.24) is 15.0 Å². The highest BCUT2D eigenvalue weighted by atomic mass is 16.1. The SMILES string of the molecule is CC(C)C(=O)c1c[nH]c2ncncc12. The van der Waals surface area contributed by atoms with Gasteiger partial charge < -0.3 is 4.98 Å². The third kappa shape index (κ3) is 1.28. The van der Waals surface area contributed by atoms with Crippen molar-refractivity contribution in [3.05, 3.63) is 24.3 Å². The Morgan fingerprint density at radius 2 is 2.29 bits per heavy atom. The Labute approximate surface area is 81.4 Å². The van der Waals surface area contributed by atoms with E-state index in [0.717, 1.165) is 5.39 Å². The minimum atomic E-state index is -0.00536. The maximum Gasteiger partial charge on any atom is 0.167 e. The molecule has 2 heterocycles. The first-order valence-electron chi connectivity index (χ1n) is 4.51. The molecule has 0 bridgehead atoms. The average Bonchev–Trinajstić information content (AvgIpc) is 2.60. The highest BCUT2D eigenvalue weighted by Crippen LogP contribution is 2.17. The van der Waals surface area contributed by atoms with Gasteiger partial charge in [-0.2, -0.15) is 0 Å². The molecule has 2 aromatic heterocycles. The number of nitrogens with one attached hydrogen (secondary N) is 1. The fourth-order valence-electron chi connectivity index (χ4n) is 1.37. The molecule has 1 N–H and O–H groups in total. The van der Waals surface area contributed by atoms with Gasteiger partial charge in [0.2, 0.25) is 0 Å². The Morgan fingerprint density at radius 3 is 3.00 bits per heavy atom. The third-order valence-electron chi connectivity index (χ3n) is 2.15. The summed E-state index contributed by atoms with van der Waals surface area (Å²) in [6.07, 6.45) is 4.82. The number of H-pyrrole nitrogens is 1. The van der Waals surface area contributed by atoms with Crippen LogP contribution in [0, 0.1) is 5.92 Å². The highest BCUT2D eigenvalue weighted by Gasteiger charge is 2.15. The predicted molar refractivity (Wildman–Crippen MR) is 53.1 cm³/mol. The number of hydrogen-bond acceptors (Lipinski definition) is 3. The number of aromatic amines is 1. The molecule has 14 heavy (non-hydrogen) atoms. The van der Waals surface area contributed by atoms with E-state index in [4.69, 9.17) is 0 Å². The standard InChI is InChI=1S/C10H11N3O/c1-6(2)9(14)7-4-12-10-8(7)3-11-5-13-10/h3-6H,1-2H3,(H,11,12,13). The first-order chi connectivity index (χ1) is 6.70. The number of ketones is 1. The van der Waals surface area contributed by atoms with Crippen molar-refractivity contribution in [2.75, 3.05) is 0 Å². The van der Waals surface area contributed by atoms with Crippen molar-refractivity contribution in [2.24, 2.45) is 5.92 Å². The molecule has 0 aliphatic heterocycles. The topological polar surface area (TPSA) is 58.6 Å². The molecule has 0 amide bonds. The smallest absolute Gasteiger partial charge is 0.167 e. The van der Waals surface area contributed by atoms with Gasteiger partial charge in [-0.15, -0.1) is 0 Å². The lowest BCUT2D eigenvalue weighted by Gasteiger charge is -2.00. The van der Waals surface area contributed by atoms with E-state index in [1.807, 2.05) is 13.8 Å². The molecule has 0 saturated carbocycles. The van der Waals surface area contributed by atoms with E-state index in [9.17, 15) is 4.79 Å². The number of hydrogen-bond donors (Lipinski definition) is 1. The molecule has 0 radical (unpaired) electrons. The number of carbonyl (C=O) groups is 1. The first-order valence-corrected chi connectivity index (χ1v) is 4.51. The van der Waals surface area contributed by atoms with Gasteiger partial charge in [0, 0.05) is 29.3 Å². The van der Waals surface area contributed by atoms with Gasteiger partial charge in [0.05, 0.1) is 0 Å². The molecule has 0 unspecified atom stereocenters. The molecule has 0 fully saturated rings. The van der Waals surface area contributed by atoms with Gasteiger partial charge in [0.1, 0.15) is 12.0 Å². The molecule has 0 aromatic carbocycles. The zero-order valence-corrected chi connectivity index (χ0v) is 8.11. The van der Waals surface area contributed by atoms with Crippen LogP contribution in [-0.4, -0.2) is 20.7 Å². The quantitative estimate of drug-likeness (QED) is 0.733. The Kier molecular flexibility index (Phi) is 2.04. The fraction of sp³-hybridized carbons (Fsp3) is 0.300. The second-order valence-corrected chi connectivity index (χ2v) is 3.51. The van der Waals surface area contributed by atoms with Crippen LogP contribution in [0.5, 0.6) is 0 Å². The van der Waals surface area contributed by atoms with Crippen molar-refractivity contribution >= 4 is 16.8 Å². The van der Waals surface area contributed by atoms with Gasteiger partial charge >= 0.3 is 0 Å². The molecule has 2 aromatic rings. The highest BCUT2D eigenvalue weighted by molar-refractivity contribution is 6.07. The van der Waals surface area contributed by atoms with Gasteiger partial charge in [-0.25, -0.2) is 9.97 Å². The van der Waals surface area contributed by atoms with E-state index in [0.29, 0.717) is 11.2 Å². The zero-order chi connectivity index (χ0) is 10.1. The predicted octanol–water partition coefficient (Wildman–Crippen LogP) is 1.80. The molecule has 2 rings (SSSR count). The number of Topliss-reactive ketones (excluding diaryl/α,β-unsaturated/α-hetero) is 1. The summed E-state index contributed by atoms with van der Waals surface area (Å²) < 4.78 is 0. The number of fused-ring (bicyclic) bond motifs is 1. The second-order valence-electron chi connectivity index (χ2n) is 3.51. The summed E-state index contributed by atoms with van der Waals surface area (Å²) in [7, 11) is 0. The van der Waals surface area contributed by atoms with Gasteiger partial charge in [0.25, 0.3) is 0 Å². The summed E-state index contributed by atoms with van der Waals surface area (Å²) in [6.45, 7) is 3.76. The van der Waals surface area contributed by atoms with Crippen molar-refractivity contribution in [2.45, 2.75) is 13.8 Å². The second kappa shape index (κ2) is 3.21. The van der Waals surface area contributed by atoms with Crippen molar-refractivity contribution < 1.29 is 4.79 Å². The fourth-order valence-corrected chi connectivity index (χ4v) is 1.37. The molecular formula is C10H11N3O. The number of carbonyl (C=O) groups excluding carboxylic acids is 1. The molecule has 72 valence electrons. The Bertz CT molecular complexity index is 473. The summed E-state index contributed by atoms with van der Waals surface area (Å²) in [4.78, 5) is 22.6. The Morgan fingerprint density at radius 1 is 1.50 bits per heavy atom. The Balaban J connectivity index is 2.58. The minimum absolute atomic E-state index is 0.00536. The molecule has 4 heteroatoms. The van der Waals surface area contributed by atoms with Crippen LogP contribution >= 0.6 is 0 Å². The zero-order valence-electron chi connectivity index (χ0n) is 8.11. The number of aromatic nitrogens is 3. The maximum atomic E-state index is 11.7. The third-order valence-corrected chi connectivity index (χ3v) is 2.15. The van der Waals surface area contributed by atoms with Crippen molar-refractivity contribution in [3.8, 4) is 0 Å². The lowest BCUT2D eigenvalue weighted by atomic mass is 10.0. The molecule has 0 atom stereocenters. The van der Waals surface area contributed by atoms with Crippen molar-refractivity contribution in [1.29, 1.82) is 0 Å². The van der Waals surface area contributed by atoms with Crippen LogP contribution in [0.1, 0.15) is 24.2 Å². The summed E-state index contributed by atoms with van der Waals surface area (Å²) in [5.41, 5.74) is 1.39. The van der Waals surface area contributed by atoms with Gasteiger partial charge in [0.15, 0.2) is 5.78 Å². The average molecular weight is 189 g/mol. The lowest BCUT2D eigenvalue weighted by molar-refractivity contribution is 0.0941. The maximum absolute atomic E-state index is 11.7. The van der Waals surface area contributed by atoms with E-state index in [2.05, 4.69) is 15.0 Å². The van der Waals surface area contributed by atoms with Crippen LogP contribution in [-0.2, 0) is 0 Å². The van der Waals surface area contributed by atoms with Gasteiger partial charge in [-0.05, 0) is 0 Å². The van der Waals surface area contributed by atoms with Crippen molar-refractivity contribution in [3.63, 3.8) is 0 Å². The van der Waals surface area contributed by atoms with Gasteiger partial charge in [-0.1, -0.05) is 13.8 Å². The van der Waals surface area contributed by atoms with E-state index in [1.54, 1.807) is 12.4 Å². The molecule has 0 spiro atoms. The first kappa shape index (κ1) is 8.87. The largest absolute Gasteiger partial charge is 0.345 e. The van der Waals surface area contributed by atoms with E-state index >= 15 is 0 Å². The van der Waals surface area contributed by atoms with E-state index < -0.39 is 0 Å². The summed E-state index contributed by atoms with van der Waals surface area (Å²) >= 11 is 0. The Hall–Kier alpha value is -1.71. The molecule has 0 saturated heterocycles.